The number of benzene rings is 2. The van der Waals surface area contributed by atoms with E-state index in [0.717, 1.165) is 15.5 Å². The van der Waals surface area contributed by atoms with Crippen LogP contribution in [0.4, 0.5) is 11.4 Å². The summed E-state index contributed by atoms with van der Waals surface area (Å²) >= 11 is 1.54. The number of hydrogen-bond acceptors (Lipinski definition) is 6. The Labute approximate surface area is 162 Å². The number of amides is 1. The molecule has 0 spiro atoms. The smallest absolute Gasteiger partial charge is 0.337 e. The van der Waals surface area contributed by atoms with E-state index in [4.69, 9.17) is 0 Å². The lowest BCUT2D eigenvalue weighted by molar-refractivity contribution is -0.114. The molecule has 0 unspecified atom stereocenters. The van der Waals surface area contributed by atoms with E-state index in [1.54, 1.807) is 18.2 Å². The van der Waals surface area contributed by atoms with E-state index in [0.29, 0.717) is 5.69 Å². The highest BCUT2D eigenvalue weighted by Gasteiger charge is 2.21. The van der Waals surface area contributed by atoms with Gasteiger partial charge >= 0.3 is 5.97 Å². The van der Waals surface area contributed by atoms with E-state index in [1.165, 1.54) is 43.1 Å². The fourth-order valence-corrected chi connectivity index (χ4v) is 3.63. The van der Waals surface area contributed by atoms with Crippen LogP contribution in [0, 0.1) is 0 Å². The Morgan fingerprint density at radius 1 is 1.15 bits per heavy atom. The number of anilines is 2. The molecule has 2 rings (SSSR count). The van der Waals surface area contributed by atoms with Gasteiger partial charge in [0.2, 0.25) is 15.9 Å². The van der Waals surface area contributed by atoms with Crippen LogP contribution in [0.1, 0.15) is 10.4 Å². The number of rotatable bonds is 7. The first-order valence-corrected chi connectivity index (χ1v) is 10.9. The van der Waals surface area contributed by atoms with Crippen LogP contribution < -0.4 is 9.62 Å². The number of sulfonamides is 1. The van der Waals surface area contributed by atoms with Crippen molar-refractivity contribution in [2.24, 2.45) is 0 Å². The molecule has 1 N–H and O–H groups in total. The molecule has 0 atom stereocenters. The zero-order valence-electron chi connectivity index (χ0n) is 15.1. The van der Waals surface area contributed by atoms with E-state index in [-0.39, 0.29) is 17.8 Å². The van der Waals surface area contributed by atoms with Crippen LogP contribution in [0.15, 0.2) is 53.4 Å². The maximum Gasteiger partial charge on any atom is 0.337 e. The Kier molecular flexibility index (Phi) is 6.86. The van der Waals surface area contributed by atoms with Crippen molar-refractivity contribution in [2.75, 3.05) is 35.8 Å². The molecule has 0 fully saturated rings. The van der Waals surface area contributed by atoms with Gasteiger partial charge in [0.05, 0.1) is 24.6 Å². The second-order valence-electron chi connectivity index (χ2n) is 5.59. The second-order valence-corrected chi connectivity index (χ2v) is 8.37. The maximum absolute atomic E-state index is 12.4. The minimum Gasteiger partial charge on any atom is -0.465 e. The van der Waals surface area contributed by atoms with Crippen LogP contribution in [0.2, 0.25) is 0 Å². The molecule has 2 aromatic rings. The third-order valence-corrected chi connectivity index (χ3v) is 5.48. The summed E-state index contributed by atoms with van der Waals surface area (Å²) in [5.41, 5.74) is 1.15. The van der Waals surface area contributed by atoms with Crippen molar-refractivity contribution in [3.05, 3.63) is 54.1 Å². The van der Waals surface area contributed by atoms with E-state index in [2.05, 4.69) is 10.1 Å². The summed E-state index contributed by atoms with van der Waals surface area (Å²) in [6.45, 7) is -0.389. The summed E-state index contributed by atoms with van der Waals surface area (Å²) in [5, 5.41) is 2.70. The van der Waals surface area contributed by atoms with Gasteiger partial charge in [0.25, 0.3) is 0 Å². The summed E-state index contributed by atoms with van der Waals surface area (Å²) in [6, 6.07) is 13.0. The predicted octanol–water partition coefficient (Wildman–Crippen LogP) is 2.60. The maximum atomic E-state index is 12.4. The minimum atomic E-state index is -3.70. The van der Waals surface area contributed by atoms with Crippen molar-refractivity contribution in [1.82, 2.24) is 0 Å². The van der Waals surface area contributed by atoms with E-state index in [9.17, 15) is 18.0 Å². The van der Waals surface area contributed by atoms with Crippen molar-refractivity contribution in [2.45, 2.75) is 4.90 Å². The Hall–Kier alpha value is -2.52. The molecule has 144 valence electrons. The highest BCUT2D eigenvalue weighted by molar-refractivity contribution is 7.98. The van der Waals surface area contributed by atoms with Gasteiger partial charge in [-0.2, -0.15) is 0 Å². The van der Waals surface area contributed by atoms with Gasteiger partial charge in [-0.3, -0.25) is 9.10 Å². The molecule has 0 saturated heterocycles. The summed E-state index contributed by atoms with van der Waals surface area (Å²) in [4.78, 5) is 24.8. The van der Waals surface area contributed by atoms with Crippen LogP contribution in [0.5, 0.6) is 0 Å². The fourth-order valence-electron chi connectivity index (χ4n) is 2.31. The van der Waals surface area contributed by atoms with Gasteiger partial charge in [-0.05, 0) is 48.7 Å². The Bertz CT molecular complexity index is 927. The molecule has 0 saturated carbocycles. The Balaban J connectivity index is 2.19. The first kappa shape index (κ1) is 20.8. The molecule has 0 aliphatic heterocycles. The van der Waals surface area contributed by atoms with Gasteiger partial charge in [-0.25, -0.2) is 13.2 Å². The lowest BCUT2D eigenvalue weighted by atomic mass is 10.2. The zero-order valence-corrected chi connectivity index (χ0v) is 16.8. The van der Waals surface area contributed by atoms with Crippen LogP contribution in [0.3, 0.4) is 0 Å². The number of carbonyl (C=O) groups excluding carboxylic acids is 2. The molecule has 27 heavy (non-hydrogen) atoms. The summed E-state index contributed by atoms with van der Waals surface area (Å²) in [5.74, 6) is -1.01. The lowest BCUT2D eigenvalue weighted by Crippen LogP contribution is -2.37. The van der Waals surface area contributed by atoms with Gasteiger partial charge in [0.15, 0.2) is 0 Å². The van der Waals surface area contributed by atoms with Crippen LogP contribution in [0.25, 0.3) is 0 Å². The van der Waals surface area contributed by atoms with E-state index >= 15 is 0 Å². The molecule has 1 amide bonds. The van der Waals surface area contributed by atoms with E-state index in [1.807, 2.05) is 12.3 Å². The number of nitrogens with zero attached hydrogens (tertiary/aromatic N) is 1. The van der Waals surface area contributed by atoms with Gasteiger partial charge in [0.1, 0.15) is 6.54 Å². The third kappa shape index (κ3) is 5.73. The van der Waals surface area contributed by atoms with Gasteiger partial charge in [-0.1, -0.05) is 6.07 Å². The molecule has 0 aliphatic rings. The molecular weight excluding hydrogens is 388 g/mol. The van der Waals surface area contributed by atoms with Crippen molar-refractivity contribution < 1.29 is 22.7 Å². The van der Waals surface area contributed by atoms with Crippen molar-refractivity contribution in [1.29, 1.82) is 0 Å². The molecular formula is C18H20N2O5S2. The number of thioether (sulfide) groups is 1. The molecule has 0 radical (unpaired) electrons. The average Bonchev–Trinajstić information content (AvgIpc) is 2.65. The van der Waals surface area contributed by atoms with Gasteiger partial charge in [0, 0.05) is 10.6 Å². The fraction of sp³-hybridized carbons (Fsp3) is 0.222. The Morgan fingerprint density at radius 3 is 2.37 bits per heavy atom. The molecule has 0 aliphatic carbocycles. The van der Waals surface area contributed by atoms with Crippen LogP contribution >= 0.6 is 11.8 Å². The molecule has 0 aromatic heterocycles. The predicted molar refractivity (Wildman–Crippen MR) is 107 cm³/mol. The Morgan fingerprint density at radius 2 is 1.81 bits per heavy atom. The number of hydrogen-bond donors (Lipinski definition) is 1. The molecule has 2 aromatic carbocycles. The standard InChI is InChI=1S/C18H20N2O5S2/c1-25-18(22)13-7-9-15(10-8-13)20(27(3,23)24)12-17(21)19-14-5-4-6-16(11-14)26-2/h4-11H,12H2,1-3H3,(H,19,21). The van der Waals surface area contributed by atoms with Crippen LogP contribution in [-0.2, 0) is 19.6 Å². The highest BCUT2D eigenvalue weighted by Crippen LogP contribution is 2.21. The third-order valence-electron chi connectivity index (χ3n) is 3.62. The number of ether oxygens (including phenoxy) is 1. The van der Waals surface area contributed by atoms with Gasteiger partial charge < -0.3 is 10.1 Å². The quantitative estimate of drug-likeness (QED) is 0.559. The monoisotopic (exact) mass is 408 g/mol. The second kappa shape index (κ2) is 8.92. The first-order chi connectivity index (χ1) is 12.7. The molecule has 7 nitrogen and oxygen atoms in total. The van der Waals surface area contributed by atoms with E-state index < -0.39 is 21.9 Å². The number of esters is 1. The zero-order chi connectivity index (χ0) is 20.0. The van der Waals surface area contributed by atoms with Gasteiger partial charge in [-0.15, -0.1) is 11.8 Å². The van der Waals surface area contributed by atoms with Crippen molar-refractivity contribution >= 4 is 45.0 Å². The molecule has 0 heterocycles. The normalized spacial score (nSPS) is 10.9. The largest absolute Gasteiger partial charge is 0.465 e. The highest BCUT2D eigenvalue weighted by atomic mass is 32.2. The topological polar surface area (TPSA) is 92.8 Å². The SMILES string of the molecule is COC(=O)c1ccc(N(CC(=O)Nc2cccc(SC)c2)S(C)(=O)=O)cc1. The summed E-state index contributed by atoms with van der Waals surface area (Å²) in [7, 11) is -2.45. The first-order valence-electron chi connectivity index (χ1n) is 7.84. The minimum absolute atomic E-state index is 0.276. The lowest BCUT2D eigenvalue weighted by Gasteiger charge is -2.22. The molecule has 0 bridgehead atoms. The summed E-state index contributed by atoms with van der Waals surface area (Å²) in [6.07, 6.45) is 2.94. The van der Waals surface area contributed by atoms with Crippen molar-refractivity contribution in [3.63, 3.8) is 0 Å². The molecule has 9 heteroatoms. The number of nitrogens with one attached hydrogen (secondary N) is 1. The summed E-state index contributed by atoms with van der Waals surface area (Å²) < 4.78 is 29.9. The average molecular weight is 409 g/mol. The van der Waals surface area contributed by atoms with Crippen molar-refractivity contribution in [3.8, 4) is 0 Å². The number of methoxy groups -OCH3 is 1. The number of carbonyl (C=O) groups is 2. The van der Waals surface area contributed by atoms with Crippen LogP contribution in [-0.4, -0.2) is 46.5 Å².